The Hall–Kier alpha value is -0.0800. The van der Waals surface area contributed by atoms with E-state index < -0.39 is 0 Å². The zero-order valence-corrected chi connectivity index (χ0v) is 13.3. The van der Waals surface area contributed by atoms with Crippen LogP contribution in [-0.4, -0.2) is 36.1 Å². The van der Waals surface area contributed by atoms with Crippen LogP contribution in [0.5, 0.6) is 0 Å². The molecule has 108 valence electrons. The van der Waals surface area contributed by atoms with Crippen LogP contribution in [0.15, 0.2) is 0 Å². The summed E-state index contributed by atoms with van der Waals surface area (Å²) in [6.45, 7) is 15.1. The highest BCUT2D eigenvalue weighted by Crippen LogP contribution is 2.35. The first kappa shape index (κ1) is 16.0. The van der Waals surface area contributed by atoms with Gasteiger partial charge in [-0.25, -0.2) is 0 Å². The van der Waals surface area contributed by atoms with E-state index in [1.54, 1.807) is 0 Å². The summed E-state index contributed by atoms with van der Waals surface area (Å²) in [5.74, 6) is 0.982. The second-order valence-corrected chi connectivity index (χ2v) is 6.03. The lowest BCUT2D eigenvalue weighted by Crippen LogP contribution is -2.60. The highest BCUT2D eigenvalue weighted by Gasteiger charge is 2.38. The van der Waals surface area contributed by atoms with Gasteiger partial charge in [0.2, 0.25) is 0 Å². The van der Waals surface area contributed by atoms with Crippen LogP contribution in [0.3, 0.4) is 0 Å². The minimum Gasteiger partial charge on any atom is -0.312 e. The standard InChI is InChI=1S/C16H34N2/c1-6-16(5,18(8-3)9-4)15(17-7-2)13-14-11-10-12-14/h14-15,17H,6-13H2,1-5H3. The van der Waals surface area contributed by atoms with Crippen molar-refractivity contribution in [2.75, 3.05) is 19.6 Å². The summed E-state index contributed by atoms with van der Waals surface area (Å²) in [5.41, 5.74) is 0.315. The van der Waals surface area contributed by atoms with E-state index in [2.05, 4.69) is 44.8 Å². The molecule has 0 amide bonds. The number of hydrogen-bond acceptors (Lipinski definition) is 2. The molecular weight excluding hydrogens is 220 g/mol. The van der Waals surface area contributed by atoms with Gasteiger partial charge >= 0.3 is 0 Å². The van der Waals surface area contributed by atoms with Gasteiger partial charge in [0.15, 0.2) is 0 Å². The minimum absolute atomic E-state index is 0.315. The van der Waals surface area contributed by atoms with E-state index in [-0.39, 0.29) is 0 Å². The van der Waals surface area contributed by atoms with Crippen LogP contribution >= 0.6 is 0 Å². The molecule has 1 rings (SSSR count). The summed E-state index contributed by atoms with van der Waals surface area (Å²) in [6.07, 6.45) is 6.98. The van der Waals surface area contributed by atoms with Gasteiger partial charge in [0.1, 0.15) is 0 Å². The fourth-order valence-corrected chi connectivity index (χ4v) is 3.50. The molecule has 1 saturated carbocycles. The van der Waals surface area contributed by atoms with Crippen molar-refractivity contribution >= 4 is 0 Å². The largest absolute Gasteiger partial charge is 0.312 e. The monoisotopic (exact) mass is 254 g/mol. The molecule has 18 heavy (non-hydrogen) atoms. The Morgan fingerprint density at radius 2 is 1.78 bits per heavy atom. The second kappa shape index (κ2) is 7.49. The third-order valence-electron chi connectivity index (χ3n) is 5.20. The number of rotatable bonds is 9. The SMILES string of the molecule is CCNC(CC1CCC1)C(C)(CC)N(CC)CC. The normalized spacial score (nSPS) is 21.7. The number of likely N-dealkylation sites (N-methyl/N-ethyl adjacent to an activating group) is 2. The van der Waals surface area contributed by atoms with Gasteiger partial charge in [-0.05, 0) is 45.3 Å². The first-order chi connectivity index (χ1) is 8.62. The molecule has 0 heterocycles. The molecule has 2 unspecified atom stereocenters. The van der Waals surface area contributed by atoms with Crippen LogP contribution in [0.25, 0.3) is 0 Å². The molecule has 0 aromatic heterocycles. The fraction of sp³-hybridized carbons (Fsp3) is 1.00. The quantitative estimate of drug-likeness (QED) is 0.675. The van der Waals surface area contributed by atoms with Gasteiger partial charge in [0, 0.05) is 11.6 Å². The lowest BCUT2D eigenvalue weighted by Gasteiger charge is -2.48. The molecule has 0 aliphatic heterocycles. The molecule has 2 nitrogen and oxygen atoms in total. The second-order valence-electron chi connectivity index (χ2n) is 6.03. The van der Waals surface area contributed by atoms with Crippen molar-refractivity contribution in [2.24, 2.45) is 5.92 Å². The molecule has 1 aliphatic carbocycles. The summed E-state index contributed by atoms with van der Waals surface area (Å²) in [7, 11) is 0. The maximum atomic E-state index is 3.78. The van der Waals surface area contributed by atoms with Crippen LogP contribution in [0, 0.1) is 5.92 Å². The molecule has 0 aromatic rings. The van der Waals surface area contributed by atoms with Crippen molar-refractivity contribution in [3.8, 4) is 0 Å². The third kappa shape index (κ3) is 3.48. The highest BCUT2D eigenvalue weighted by molar-refractivity contribution is 4.97. The predicted octanol–water partition coefficient (Wildman–Crippen LogP) is 3.67. The van der Waals surface area contributed by atoms with Crippen LogP contribution in [0.2, 0.25) is 0 Å². The molecule has 1 N–H and O–H groups in total. The van der Waals surface area contributed by atoms with Crippen molar-refractivity contribution in [1.82, 2.24) is 10.2 Å². The van der Waals surface area contributed by atoms with Gasteiger partial charge < -0.3 is 5.32 Å². The van der Waals surface area contributed by atoms with Gasteiger partial charge in [-0.15, -0.1) is 0 Å². The average Bonchev–Trinajstić information content (AvgIpc) is 2.33. The van der Waals surface area contributed by atoms with E-state index in [0.29, 0.717) is 11.6 Å². The maximum absolute atomic E-state index is 3.78. The Kier molecular flexibility index (Phi) is 6.65. The van der Waals surface area contributed by atoms with E-state index in [9.17, 15) is 0 Å². The van der Waals surface area contributed by atoms with E-state index in [1.165, 1.54) is 32.1 Å². The van der Waals surface area contributed by atoms with E-state index in [0.717, 1.165) is 25.6 Å². The van der Waals surface area contributed by atoms with Crippen molar-refractivity contribution in [3.63, 3.8) is 0 Å². The first-order valence-electron chi connectivity index (χ1n) is 8.10. The molecular formula is C16H34N2. The minimum atomic E-state index is 0.315. The summed E-state index contributed by atoms with van der Waals surface area (Å²) in [6, 6.07) is 0.651. The number of nitrogens with zero attached hydrogens (tertiary/aromatic N) is 1. The average molecular weight is 254 g/mol. The van der Waals surface area contributed by atoms with E-state index in [4.69, 9.17) is 0 Å². The van der Waals surface area contributed by atoms with Gasteiger partial charge in [0.05, 0.1) is 0 Å². The Morgan fingerprint density at radius 1 is 1.17 bits per heavy atom. The highest BCUT2D eigenvalue weighted by atomic mass is 15.2. The third-order valence-corrected chi connectivity index (χ3v) is 5.20. The molecule has 0 saturated heterocycles. The zero-order valence-electron chi connectivity index (χ0n) is 13.3. The summed E-state index contributed by atoms with van der Waals surface area (Å²) < 4.78 is 0. The summed E-state index contributed by atoms with van der Waals surface area (Å²) in [4.78, 5) is 2.65. The van der Waals surface area contributed by atoms with Crippen molar-refractivity contribution in [2.45, 2.75) is 78.3 Å². The Labute approximate surface area is 115 Å². The van der Waals surface area contributed by atoms with Crippen molar-refractivity contribution < 1.29 is 0 Å². The maximum Gasteiger partial charge on any atom is 0.0331 e. The molecule has 0 spiro atoms. The Bertz CT molecular complexity index is 221. The van der Waals surface area contributed by atoms with Crippen molar-refractivity contribution in [1.29, 1.82) is 0 Å². The van der Waals surface area contributed by atoms with Gasteiger partial charge in [-0.2, -0.15) is 0 Å². The fourth-order valence-electron chi connectivity index (χ4n) is 3.50. The lowest BCUT2D eigenvalue weighted by molar-refractivity contribution is 0.0537. The Morgan fingerprint density at radius 3 is 2.11 bits per heavy atom. The van der Waals surface area contributed by atoms with Gasteiger partial charge in [0.25, 0.3) is 0 Å². The predicted molar refractivity (Wildman–Crippen MR) is 81.0 cm³/mol. The Balaban J connectivity index is 2.75. The van der Waals surface area contributed by atoms with Crippen LogP contribution < -0.4 is 5.32 Å². The molecule has 2 heteroatoms. The smallest absolute Gasteiger partial charge is 0.0331 e. The molecule has 0 bridgehead atoms. The molecule has 2 atom stereocenters. The van der Waals surface area contributed by atoms with Crippen LogP contribution in [0.1, 0.15) is 66.7 Å². The van der Waals surface area contributed by atoms with Gasteiger partial charge in [-0.1, -0.05) is 47.0 Å². The topological polar surface area (TPSA) is 15.3 Å². The van der Waals surface area contributed by atoms with E-state index >= 15 is 0 Å². The molecule has 0 aromatic carbocycles. The molecule has 1 fully saturated rings. The number of hydrogen-bond donors (Lipinski definition) is 1. The summed E-state index contributed by atoms with van der Waals surface area (Å²) >= 11 is 0. The van der Waals surface area contributed by atoms with Crippen LogP contribution in [0.4, 0.5) is 0 Å². The number of nitrogens with one attached hydrogen (secondary N) is 1. The van der Waals surface area contributed by atoms with Crippen molar-refractivity contribution in [3.05, 3.63) is 0 Å². The molecule has 1 aliphatic rings. The zero-order chi connectivity index (χ0) is 13.6. The lowest BCUT2D eigenvalue weighted by atomic mass is 9.75. The van der Waals surface area contributed by atoms with Crippen LogP contribution in [-0.2, 0) is 0 Å². The van der Waals surface area contributed by atoms with Gasteiger partial charge in [-0.3, -0.25) is 4.90 Å². The summed E-state index contributed by atoms with van der Waals surface area (Å²) in [5, 5.41) is 3.78. The van der Waals surface area contributed by atoms with E-state index in [1.807, 2.05) is 0 Å². The first-order valence-corrected chi connectivity index (χ1v) is 8.10. The molecule has 0 radical (unpaired) electrons.